The third-order valence-electron chi connectivity index (χ3n) is 6.42. The SMILES string of the molecule is C=Nc1ncc(Cc2ccc3ncccc3c2)n1/N=C(\C)c1ccc(C(=O)NC2CCOCC2)c(F)c1. The quantitative estimate of drug-likeness (QED) is 0.375. The molecule has 8 nitrogen and oxygen atoms in total. The van der Waals surface area contributed by atoms with Crippen molar-refractivity contribution < 1.29 is 13.9 Å². The molecule has 0 unspecified atom stereocenters. The van der Waals surface area contributed by atoms with E-state index in [-0.39, 0.29) is 11.6 Å². The van der Waals surface area contributed by atoms with Crippen molar-refractivity contribution in [2.75, 3.05) is 13.2 Å². The number of rotatable bonds is 7. The minimum absolute atomic E-state index is 0.00519. The summed E-state index contributed by atoms with van der Waals surface area (Å²) in [6, 6.07) is 14.5. The number of halogens is 1. The summed E-state index contributed by atoms with van der Waals surface area (Å²) in [5, 5.41) is 8.61. The zero-order chi connectivity index (χ0) is 25.8. The van der Waals surface area contributed by atoms with Crippen LogP contribution in [0.2, 0.25) is 0 Å². The Morgan fingerprint density at radius 2 is 2.03 bits per heavy atom. The van der Waals surface area contributed by atoms with Crippen LogP contribution in [0.3, 0.4) is 0 Å². The molecule has 1 aliphatic rings. The Hall–Kier alpha value is -4.24. The molecule has 5 rings (SSSR count). The number of carbonyl (C=O) groups is 1. The molecule has 2 aromatic carbocycles. The number of amides is 1. The molecule has 0 aliphatic carbocycles. The molecular weight excluding hydrogens is 471 g/mol. The number of hydrogen-bond donors (Lipinski definition) is 1. The first-order valence-electron chi connectivity index (χ1n) is 12.1. The summed E-state index contributed by atoms with van der Waals surface area (Å²) in [6.07, 6.45) is 5.48. The summed E-state index contributed by atoms with van der Waals surface area (Å²) in [6.45, 7) is 6.57. The second-order valence-corrected chi connectivity index (χ2v) is 8.97. The third kappa shape index (κ3) is 5.46. The predicted molar refractivity (Wildman–Crippen MR) is 141 cm³/mol. The Kier molecular flexibility index (Phi) is 7.14. The van der Waals surface area contributed by atoms with Crippen molar-refractivity contribution in [3.8, 4) is 0 Å². The number of ether oxygens (including phenoxy) is 1. The van der Waals surface area contributed by atoms with Gasteiger partial charge in [-0.05, 0) is 62.4 Å². The van der Waals surface area contributed by atoms with Gasteiger partial charge in [0.25, 0.3) is 5.91 Å². The van der Waals surface area contributed by atoms with E-state index in [0.29, 0.717) is 36.9 Å². The molecule has 3 heterocycles. The van der Waals surface area contributed by atoms with Gasteiger partial charge >= 0.3 is 0 Å². The number of imidazole rings is 1. The molecule has 1 fully saturated rings. The van der Waals surface area contributed by atoms with Crippen LogP contribution >= 0.6 is 0 Å². The number of benzene rings is 2. The summed E-state index contributed by atoms with van der Waals surface area (Å²) in [7, 11) is 0. The van der Waals surface area contributed by atoms with Gasteiger partial charge in [0.2, 0.25) is 5.95 Å². The number of aliphatic imine (C=N–C) groups is 1. The van der Waals surface area contributed by atoms with E-state index < -0.39 is 11.7 Å². The second-order valence-electron chi connectivity index (χ2n) is 8.97. The molecule has 1 N–H and O–H groups in total. The molecule has 0 saturated carbocycles. The lowest BCUT2D eigenvalue weighted by Gasteiger charge is -2.23. The fraction of sp³-hybridized carbons (Fsp3) is 0.250. The van der Waals surface area contributed by atoms with Crippen LogP contribution < -0.4 is 5.32 Å². The topological polar surface area (TPSA) is 93.8 Å². The smallest absolute Gasteiger partial charge is 0.254 e. The summed E-state index contributed by atoms with van der Waals surface area (Å²) in [5.41, 5.74) is 3.89. The molecule has 37 heavy (non-hydrogen) atoms. The highest BCUT2D eigenvalue weighted by Crippen LogP contribution is 2.21. The highest BCUT2D eigenvalue weighted by atomic mass is 19.1. The fourth-order valence-electron chi connectivity index (χ4n) is 4.39. The normalized spacial score (nSPS) is 14.6. The maximum Gasteiger partial charge on any atom is 0.254 e. The molecule has 2 aromatic heterocycles. The molecule has 9 heteroatoms. The van der Waals surface area contributed by atoms with Gasteiger partial charge in [-0.3, -0.25) is 9.78 Å². The van der Waals surface area contributed by atoms with Gasteiger partial charge in [-0.25, -0.2) is 19.0 Å². The van der Waals surface area contributed by atoms with E-state index >= 15 is 0 Å². The van der Waals surface area contributed by atoms with Gasteiger partial charge in [0, 0.05) is 42.8 Å². The van der Waals surface area contributed by atoms with Crippen molar-refractivity contribution in [3.05, 3.63) is 89.1 Å². The summed E-state index contributed by atoms with van der Waals surface area (Å²) >= 11 is 0. The second kappa shape index (κ2) is 10.8. The molecule has 188 valence electrons. The first-order chi connectivity index (χ1) is 18.0. The first kappa shape index (κ1) is 24.5. The number of nitrogens with one attached hydrogen (secondary N) is 1. The molecular formula is C28H27FN6O2. The molecule has 4 aromatic rings. The average molecular weight is 499 g/mol. The Labute approximate surface area is 213 Å². The van der Waals surface area contributed by atoms with Crippen LogP contribution in [0.5, 0.6) is 0 Å². The highest BCUT2D eigenvalue weighted by Gasteiger charge is 2.20. The molecule has 0 bridgehead atoms. The molecule has 0 atom stereocenters. The Morgan fingerprint density at radius 1 is 1.19 bits per heavy atom. The Morgan fingerprint density at radius 3 is 2.81 bits per heavy atom. The number of aromatic nitrogens is 3. The largest absolute Gasteiger partial charge is 0.381 e. The molecule has 1 amide bonds. The van der Waals surface area contributed by atoms with Crippen molar-refractivity contribution in [3.63, 3.8) is 0 Å². The van der Waals surface area contributed by atoms with E-state index in [9.17, 15) is 9.18 Å². The van der Waals surface area contributed by atoms with E-state index in [1.165, 1.54) is 12.1 Å². The van der Waals surface area contributed by atoms with Crippen LogP contribution in [0.15, 0.2) is 71.0 Å². The van der Waals surface area contributed by atoms with Gasteiger partial charge in [0.15, 0.2) is 0 Å². The van der Waals surface area contributed by atoms with Crippen molar-refractivity contribution in [2.24, 2.45) is 10.1 Å². The van der Waals surface area contributed by atoms with Gasteiger partial charge in [0.05, 0.1) is 28.7 Å². The monoisotopic (exact) mass is 498 g/mol. The zero-order valence-corrected chi connectivity index (χ0v) is 20.5. The van der Waals surface area contributed by atoms with Crippen LogP contribution in [0.1, 0.15) is 46.9 Å². The maximum atomic E-state index is 14.9. The van der Waals surface area contributed by atoms with Crippen molar-refractivity contribution in [1.29, 1.82) is 0 Å². The van der Waals surface area contributed by atoms with Crippen LogP contribution in [0.4, 0.5) is 10.3 Å². The van der Waals surface area contributed by atoms with Gasteiger partial charge in [-0.2, -0.15) is 5.10 Å². The minimum atomic E-state index is -0.602. The highest BCUT2D eigenvalue weighted by molar-refractivity contribution is 6.00. The van der Waals surface area contributed by atoms with E-state index in [4.69, 9.17) is 4.74 Å². The number of carbonyl (C=O) groups excluding carboxylic acids is 1. The standard InChI is InChI=1S/C28H27FN6O2/c1-18(20-6-7-24(25(29)16-20)27(36)33-22-9-12-37-13-10-22)34-35-23(17-32-28(35)30-2)15-19-5-8-26-21(14-19)4-3-11-31-26/h3-8,11,14,16-17,22H,2,9-10,12-13,15H2,1H3,(H,33,36)/b34-18+. The van der Waals surface area contributed by atoms with Gasteiger partial charge in [0.1, 0.15) is 5.82 Å². The van der Waals surface area contributed by atoms with Crippen LogP contribution in [0.25, 0.3) is 10.9 Å². The summed E-state index contributed by atoms with van der Waals surface area (Å²) in [5.74, 6) is -0.690. The lowest BCUT2D eigenvalue weighted by molar-refractivity contribution is 0.0694. The summed E-state index contributed by atoms with van der Waals surface area (Å²) in [4.78, 5) is 25.3. The lowest BCUT2D eigenvalue weighted by atomic mass is 10.1. The molecule has 1 aliphatic heterocycles. The van der Waals surface area contributed by atoms with Crippen molar-refractivity contribution in [2.45, 2.75) is 32.2 Å². The third-order valence-corrected chi connectivity index (χ3v) is 6.42. The van der Waals surface area contributed by atoms with Gasteiger partial charge in [-0.1, -0.05) is 18.2 Å². The van der Waals surface area contributed by atoms with Crippen LogP contribution in [-0.2, 0) is 11.2 Å². The van der Waals surface area contributed by atoms with E-state index in [2.05, 4.69) is 38.2 Å². The van der Waals surface area contributed by atoms with Crippen LogP contribution in [0, 0.1) is 5.82 Å². The fourth-order valence-corrected chi connectivity index (χ4v) is 4.39. The zero-order valence-electron chi connectivity index (χ0n) is 20.5. The van der Waals surface area contributed by atoms with Crippen molar-refractivity contribution in [1.82, 2.24) is 20.0 Å². The number of hydrogen-bond acceptors (Lipinski definition) is 6. The van der Waals surface area contributed by atoms with E-state index in [1.807, 2.05) is 24.3 Å². The van der Waals surface area contributed by atoms with E-state index in [0.717, 1.165) is 35.0 Å². The Bertz CT molecular complexity index is 1490. The predicted octanol–water partition coefficient (Wildman–Crippen LogP) is 4.67. The first-order valence-corrected chi connectivity index (χ1v) is 12.1. The minimum Gasteiger partial charge on any atom is -0.381 e. The summed E-state index contributed by atoms with van der Waals surface area (Å²) < 4.78 is 21.9. The maximum absolute atomic E-state index is 14.9. The van der Waals surface area contributed by atoms with Gasteiger partial charge < -0.3 is 10.1 Å². The number of pyridine rings is 1. The number of nitrogens with zero attached hydrogens (tertiary/aromatic N) is 5. The molecule has 0 radical (unpaired) electrons. The van der Waals surface area contributed by atoms with Crippen LogP contribution in [-0.4, -0.2) is 52.2 Å². The number of fused-ring (bicyclic) bond motifs is 1. The van der Waals surface area contributed by atoms with Gasteiger partial charge in [-0.15, -0.1) is 0 Å². The van der Waals surface area contributed by atoms with Crippen molar-refractivity contribution >= 4 is 35.2 Å². The average Bonchev–Trinajstić information content (AvgIpc) is 3.29. The molecule has 1 saturated heterocycles. The molecule has 0 spiro atoms. The Balaban J connectivity index is 1.38. The lowest BCUT2D eigenvalue weighted by Crippen LogP contribution is -2.39. The van der Waals surface area contributed by atoms with E-state index in [1.54, 1.807) is 30.1 Å².